The maximum atomic E-state index is 10.9. The third kappa shape index (κ3) is 5.05. The molecule has 0 bridgehead atoms. The van der Waals surface area contributed by atoms with E-state index < -0.39 is 4.92 Å². The number of ether oxygens (including phenoxy) is 1. The molecule has 1 N–H and O–H groups in total. The van der Waals surface area contributed by atoms with Gasteiger partial charge >= 0.3 is 0 Å². The molecule has 0 radical (unpaired) electrons. The lowest BCUT2D eigenvalue weighted by atomic mass is 10.2. The van der Waals surface area contributed by atoms with Crippen LogP contribution in [0.2, 0.25) is 0 Å². The van der Waals surface area contributed by atoms with E-state index in [0.717, 1.165) is 31.5 Å². The Hall–Kier alpha value is -1.82. The van der Waals surface area contributed by atoms with Gasteiger partial charge in [-0.15, -0.1) is 0 Å². The van der Waals surface area contributed by atoms with Crippen LogP contribution in [0.3, 0.4) is 0 Å². The predicted molar refractivity (Wildman–Crippen MR) is 78.5 cm³/mol. The van der Waals surface area contributed by atoms with Crippen molar-refractivity contribution in [1.29, 1.82) is 0 Å². The Labute approximate surface area is 119 Å². The number of hydrogen-bond acceptors (Lipinski definition) is 5. The molecule has 1 rings (SSSR count). The van der Waals surface area contributed by atoms with Crippen molar-refractivity contribution < 1.29 is 14.8 Å². The van der Waals surface area contributed by atoms with Gasteiger partial charge in [-0.3, -0.25) is 10.1 Å². The van der Waals surface area contributed by atoms with Crippen molar-refractivity contribution in [2.24, 2.45) is 0 Å². The van der Waals surface area contributed by atoms with E-state index in [1.54, 1.807) is 6.07 Å². The molecule has 1 aromatic carbocycles. The Bertz CT molecular complexity index is 437. The van der Waals surface area contributed by atoms with Gasteiger partial charge in [0.2, 0.25) is 0 Å². The lowest BCUT2D eigenvalue weighted by molar-refractivity contribution is -0.384. The molecule has 0 fully saturated rings. The molecule has 0 saturated carbocycles. The molecule has 0 aromatic heterocycles. The molecule has 1 aromatic rings. The van der Waals surface area contributed by atoms with Gasteiger partial charge in [0.15, 0.2) is 0 Å². The van der Waals surface area contributed by atoms with E-state index in [1.807, 2.05) is 24.9 Å². The highest BCUT2D eigenvalue weighted by atomic mass is 16.6. The quantitative estimate of drug-likeness (QED) is 0.428. The monoisotopic (exact) mass is 282 g/mol. The first-order chi connectivity index (χ1) is 9.58. The van der Waals surface area contributed by atoms with E-state index in [0.29, 0.717) is 12.4 Å². The van der Waals surface area contributed by atoms with Gasteiger partial charge in [0.25, 0.3) is 5.69 Å². The van der Waals surface area contributed by atoms with Crippen LogP contribution in [0.5, 0.6) is 5.75 Å². The van der Waals surface area contributed by atoms with Crippen LogP contribution in [-0.2, 0) is 0 Å². The van der Waals surface area contributed by atoms with Crippen molar-refractivity contribution in [3.05, 3.63) is 28.3 Å². The zero-order chi connectivity index (χ0) is 15.0. The van der Waals surface area contributed by atoms with Crippen LogP contribution in [0.4, 0.5) is 11.4 Å². The second kappa shape index (κ2) is 8.37. The fraction of sp³-hybridized carbons (Fsp3) is 0.571. The number of nitro benzene ring substituents is 1. The smallest absolute Gasteiger partial charge is 0.275 e. The van der Waals surface area contributed by atoms with Crippen LogP contribution in [-0.4, -0.2) is 36.8 Å². The topological polar surface area (TPSA) is 75.8 Å². The molecule has 0 aliphatic rings. The van der Waals surface area contributed by atoms with Crippen LogP contribution in [0.1, 0.15) is 26.2 Å². The second-order valence-electron chi connectivity index (χ2n) is 4.58. The van der Waals surface area contributed by atoms with Crippen molar-refractivity contribution in [2.45, 2.75) is 26.2 Å². The normalized spacial score (nSPS) is 10.3. The number of aliphatic hydroxyl groups is 1. The molecule has 0 aliphatic heterocycles. The van der Waals surface area contributed by atoms with Gasteiger partial charge in [-0.05, 0) is 26.2 Å². The first-order valence-electron chi connectivity index (χ1n) is 6.82. The molecule has 0 atom stereocenters. The SMILES string of the molecule is CCOc1cc(N(C)CCCCCO)cc([N+](=O)[O-])c1. The molecule has 0 aliphatic carbocycles. The number of non-ortho nitro benzene ring substituents is 1. The van der Waals surface area contributed by atoms with Gasteiger partial charge in [-0.1, -0.05) is 0 Å². The van der Waals surface area contributed by atoms with E-state index in [2.05, 4.69) is 0 Å². The second-order valence-corrected chi connectivity index (χ2v) is 4.58. The zero-order valence-corrected chi connectivity index (χ0v) is 12.0. The van der Waals surface area contributed by atoms with Gasteiger partial charge in [0.05, 0.1) is 17.6 Å². The summed E-state index contributed by atoms with van der Waals surface area (Å²) < 4.78 is 5.37. The minimum Gasteiger partial charge on any atom is -0.494 e. The number of benzene rings is 1. The maximum absolute atomic E-state index is 10.9. The molecule has 0 spiro atoms. The highest BCUT2D eigenvalue weighted by molar-refractivity contribution is 5.57. The average Bonchev–Trinajstić information content (AvgIpc) is 2.43. The molecule has 0 unspecified atom stereocenters. The molecule has 0 amide bonds. The van der Waals surface area contributed by atoms with Gasteiger partial charge in [-0.2, -0.15) is 0 Å². The largest absolute Gasteiger partial charge is 0.494 e. The molecule has 6 heteroatoms. The summed E-state index contributed by atoms with van der Waals surface area (Å²) in [5.41, 5.74) is 0.805. The van der Waals surface area contributed by atoms with E-state index in [1.165, 1.54) is 6.07 Å². The first kappa shape index (κ1) is 16.2. The number of aliphatic hydroxyl groups excluding tert-OH is 1. The molecular formula is C14H22N2O4. The highest BCUT2D eigenvalue weighted by Gasteiger charge is 2.12. The van der Waals surface area contributed by atoms with E-state index in [4.69, 9.17) is 9.84 Å². The average molecular weight is 282 g/mol. The molecule has 0 saturated heterocycles. The van der Waals surface area contributed by atoms with Crippen molar-refractivity contribution in [1.82, 2.24) is 0 Å². The molecule has 20 heavy (non-hydrogen) atoms. The van der Waals surface area contributed by atoms with Gasteiger partial charge < -0.3 is 14.7 Å². The number of anilines is 1. The van der Waals surface area contributed by atoms with Crippen LogP contribution < -0.4 is 9.64 Å². The number of unbranched alkanes of at least 4 members (excludes halogenated alkanes) is 2. The van der Waals surface area contributed by atoms with Gasteiger partial charge in [0.1, 0.15) is 5.75 Å². The summed E-state index contributed by atoms with van der Waals surface area (Å²) in [5.74, 6) is 0.513. The third-order valence-corrected chi connectivity index (χ3v) is 2.99. The summed E-state index contributed by atoms with van der Waals surface area (Å²) in [7, 11) is 1.90. The number of nitrogens with zero attached hydrogens (tertiary/aromatic N) is 2. The lowest BCUT2D eigenvalue weighted by Gasteiger charge is -2.19. The minimum absolute atomic E-state index is 0.0353. The first-order valence-corrected chi connectivity index (χ1v) is 6.82. The Morgan fingerprint density at radius 2 is 2.05 bits per heavy atom. The van der Waals surface area contributed by atoms with Crippen molar-refractivity contribution in [3.8, 4) is 5.75 Å². The summed E-state index contributed by atoms with van der Waals surface area (Å²) in [6, 6.07) is 4.80. The third-order valence-electron chi connectivity index (χ3n) is 2.99. The number of rotatable bonds is 9. The van der Waals surface area contributed by atoms with Crippen LogP contribution >= 0.6 is 0 Å². The van der Waals surface area contributed by atoms with E-state index in [-0.39, 0.29) is 12.3 Å². The summed E-state index contributed by atoms with van der Waals surface area (Å²) in [6.45, 7) is 3.31. The summed E-state index contributed by atoms with van der Waals surface area (Å²) in [4.78, 5) is 12.5. The Morgan fingerprint density at radius 3 is 2.65 bits per heavy atom. The molecular weight excluding hydrogens is 260 g/mol. The highest BCUT2D eigenvalue weighted by Crippen LogP contribution is 2.28. The van der Waals surface area contributed by atoms with Crippen LogP contribution in [0, 0.1) is 10.1 Å². The molecule has 112 valence electrons. The minimum atomic E-state index is -0.411. The maximum Gasteiger partial charge on any atom is 0.275 e. The van der Waals surface area contributed by atoms with Crippen LogP contribution in [0.15, 0.2) is 18.2 Å². The van der Waals surface area contributed by atoms with E-state index in [9.17, 15) is 10.1 Å². The fourth-order valence-electron chi connectivity index (χ4n) is 1.91. The summed E-state index contributed by atoms with van der Waals surface area (Å²) >= 11 is 0. The Morgan fingerprint density at radius 1 is 1.30 bits per heavy atom. The van der Waals surface area contributed by atoms with Gasteiger partial charge in [0, 0.05) is 38.0 Å². The standard InChI is InChI=1S/C14H22N2O4/c1-3-20-14-10-12(9-13(11-14)16(18)19)15(2)7-5-4-6-8-17/h9-11,17H,3-8H2,1-2H3. The summed E-state index contributed by atoms with van der Waals surface area (Å²) in [6.07, 6.45) is 2.66. The molecule has 0 heterocycles. The van der Waals surface area contributed by atoms with Crippen molar-refractivity contribution in [3.63, 3.8) is 0 Å². The number of hydrogen-bond donors (Lipinski definition) is 1. The van der Waals surface area contributed by atoms with E-state index >= 15 is 0 Å². The fourth-order valence-corrected chi connectivity index (χ4v) is 1.91. The van der Waals surface area contributed by atoms with Crippen molar-refractivity contribution >= 4 is 11.4 Å². The van der Waals surface area contributed by atoms with Gasteiger partial charge in [-0.25, -0.2) is 0 Å². The van der Waals surface area contributed by atoms with Crippen molar-refractivity contribution in [2.75, 3.05) is 31.7 Å². The predicted octanol–water partition coefficient (Wildman–Crippen LogP) is 2.59. The number of nitro groups is 1. The summed E-state index contributed by atoms with van der Waals surface area (Å²) in [5, 5.41) is 19.7. The lowest BCUT2D eigenvalue weighted by Crippen LogP contribution is -2.18. The zero-order valence-electron chi connectivity index (χ0n) is 12.0. The molecule has 6 nitrogen and oxygen atoms in total. The Balaban J connectivity index is 2.78. The van der Waals surface area contributed by atoms with Crippen LogP contribution in [0.25, 0.3) is 0 Å². The Kier molecular flexibility index (Phi) is 6.79.